The Morgan fingerprint density at radius 3 is 2.30 bits per heavy atom. The lowest BCUT2D eigenvalue weighted by atomic mass is 9.96. The number of hydrogen-bond acceptors (Lipinski definition) is 5. The van der Waals surface area contributed by atoms with Gasteiger partial charge < -0.3 is 14.8 Å². The maximum absolute atomic E-state index is 11.0. The second-order valence-electron chi connectivity index (χ2n) is 10.4. The molecular formula is C33H28ClN5O2S2. The lowest BCUT2D eigenvalue weighted by Gasteiger charge is -2.28. The smallest absolute Gasteiger partial charge is 0.269 e. The van der Waals surface area contributed by atoms with Gasteiger partial charge in [0, 0.05) is 55.9 Å². The number of hydrogen-bond donors (Lipinski definition) is 1. The molecule has 0 spiro atoms. The number of aromatic nitrogens is 2. The van der Waals surface area contributed by atoms with Crippen molar-refractivity contribution < 1.29 is 4.92 Å². The fourth-order valence-corrected chi connectivity index (χ4v) is 7.01. The van der Waals surface area contributed by atoms with Crippen molar-refractivity contribution in [2.75, 3.05) is 4.90 Å². The van der Waals surface area contributed by atoms with Crippen LogP contribution in [-0.2, 0) is 0 Å². The topological polar surface area (TPSA) is 76.2 Å². The minimum Gasteiger partial charge on any atom is -0.351 e. The molecule has 0 saturated carbocycles. The monoisotopic (exact) mass is 625 g/mol. The summed E-state index contributed by atoms with van der Waals surface area (Å²) in [5.41, 5.74) is 7.48. The van der Waals surface area contributed by atoms with Crippen LogP contribution >= 0.6 is 35.6 Å². The highest BCUT2D eigenvalue weighted by Gasteiger charge is 2.42. The highest BCUT2D eigenvalue weighted by atomic mass is 35.5. The van der Waals surface area contributed by atoms with E-state index in [0.29, 0.717) is 10.1 Å². The van der Waals surface area contributed by atoms with Crippen LogP contribution in [-0.4, -0.2) is 19.6 Å². The Kier molecular flexibility index (Phi) is 7.96. The predicted molar refractivity (Wildman–Crippen MR) is 177 cm³/mol. The van der Waals surface area contributed by atoms with Crippen molar-refractivity contribution in [1.82, 2.24) is 14.9 Å². The molecule has 3 aromatic carbocycles. The number of halogens is 1. The summed E-state index contributed by atoms with van der Waals surface area (Å²) >= 11 is 13.9. The van der Waals surface area contributed by atoms with Crippen molar-refractivity contribution in [3.05, 3.63) is 141 Å². The van der Waals surface area contributed by atoms with E-state index < -0.39 is 4.92 Å². The first-order valence-corrected chi connectivity index (χ1v) is 15.3. The third kappa shape index (κ3) is 5.63. The van der Waals surface area contributed by atoms with Gasteiger partial charge in [0.05, 0.1) is 22.7 Å². The summed E-state index contributed by atoms with van der Waals surface area (Å²) in [6.45, 7) is 6.35. The SMILES string of the molecule is Cc1ccc(Cl)cc1-n1c(C)cc([C@H]2[C@@H](c3ccccn3)NC(=S)N2c2ccc(Sc3ccc([N+](=O)[O-])cc3)cc2)c1C. The van der Waals surface area contributed by atoms with E-state index in [1.807, 2.05) is 54.7 Å². The van der Waals surface area contributed by atoms with E-state index in [1.165, 1.54) is 12.1 Å². The van der Waals surface area contributed by atoms with Crippen LogP contribution < -0.4 is 10.2 Å². The van der Waals surface area contributed by atoms with Gasteiger partial charge >= 0.3 is 0 Å². The maximum Gasteiger partial charge on any atom is 0.269 e. The molecule has 0 aliphatic carbocycles. The lowest BCUT2D eigenvalue weighted by Crippen LogP contribution is -2.29. The minimum absolute atomic E-state index is 0.0770. The van der Waals surface area contributed by atoms with Gasteiger partial charge in [-0.1, -0.05) is 35.5 Å². The van der Waals surface area contributed by atoms with E-state index >= 15 is 0 Å². The Bertz CT molecular complexity index is 1830. The first-order valence-electron chi connectivity index (χ1n) is 13.7. The number of anilines is 1. The summed E-state index contributed by atoms with van der Waals surface area (Å²) in [6.07, 6.45) is 1.81. The summed E-state index contributed by atoms with van der Waals surface area (Å²) in [5.74, 6) is 0. The molecule has 1 N–H and O–H groups in total. The second kappa shape index (κ2) is 11.8. The number of thiocarbonyl (C=S) groups is 1. The van der Waals surface area contributed by atoms with Crippen molar-refractivity contribution in [2.24, 2.45) is 0 Å². The zero-order valence-electron chi connectivity index (χ0n) is 23.7. The number of rotatable bonds is 7. The van der Waals surface area contributed by atoms with Crippen molar-refractivity contribution in [3.63, 3.8) is 0 Å². The Morgan fingerprint density at radius 2 is 1.65 bits per heavy atom. The van der Waals surface area contributed by atoms with Crippen LogP contribution in [0.4, 0.5) is 11.4 Å². The summed E-state index contributed by atoms with van der Waals surface area (Å²) in [6, 6.07) is 28.6. The van der Waals surface area contributed by atoms with E-state index in [9.17, 15) is 10.1 Å². The highest BCUT2D eigenvalue weighted by Crippen LogP contribution is 2.44. The number of benzene rings is 3. The second-order valence-corrected chi connectivity index (χ2v) is 12.4. The van der Waals surface area contributed by atoms with E-state index in [1.54, 1.807) is 23.9 Å². The van der Waals surface area contributed by atoms with Crippen molar-refractivity contribution in [2.45, 2.75) is 42.6 Å². The third-order valence-electron chi connectivity index (χ3n) is 7.70. The Balaban J connectivity index is 1.39. The first-order chi connectivity index (χ1) is 20.7. The Hall–Kier alpha value is -4.18. The van der Waals surface area contributed by atoms with Gasteiger partial charge in [-0.15, -0.1) is 0 Å². The first kappa shape index (κ1) is 28.9. The minimum atomic E-state index is -0.390. The van der Waals surface area contributed by atoms with E-state index in [2.05, 4.69) is 53.8 Å². The molecule has 43 heavy (non-hydrogen) atoms. The van der Waals surface area contributed by atoms with Gasteiger partial charge in [-0.05, 0) is 111 Å². The van der Waals surface area contributed by atoms with Crippen molar-refractivity contribution >= 4 is 52.1 Å². The van der Waals surface area contributed by atoms with Gasteiger partial charge in [0.1, 0.15) is 0 Å². The van der Waals surface area contributed by atoms with Gasteiger partial charge in [0.2, 0.25) is 0 Å². The quantitative estimate of drug-likeness (QED) is 0.110. The average Bonchev–Trinajstić information content (AvgIpc) is 3.50. The standard InChI is InChI=1S/C33H28ClN5O2S2/c1-20-7-8-23(34)19-30(20)37-21(2)18-28(22(37)3)32-31(29-6-4-5-17-35-29)36-33(42)38(32)24-9-13-26(14-10-24)43-27-15-11-25(12-16-27)39(40)41/h4-19,31-32H,1-3H3,(H,36,42)/t31-,32+/m1/s1. The molecule has 1 saturated heterocycles. The molecule has 0 radical (unpaired) electrons. The molecule has 10 heteroatoms. The van der Waals surface area contributed by atoms with Gasteiger partial charge in [-0.2, -0.15) is 0 Å². The van der Waals surface area contributed by atoms with Gasteiger partial charge in [-0.3, -0.25) is 15.1 Å². The van der Waals surface area contributed by atoms with Gasteiger partial charge in [0.15, 0.2) is 5.11 Å². The van der Waals surface area contributed by atoms with Crippen LogP contribution in [0, 0.1) is 30.9 Å². The molecule has 216 valence electrons. The highest BCUT2D eigenvalue weighted by molar-refractivity contribution is 7.99. The molecule has 3 heterocycles. The number of non-ortho nitro benzene ring substituents is 1. The zero-order valence-corrected chi connectivity index (χ0v) is 26.1. The number of nitrogens with one attached hydrogen (secondary N) is 1. The predicted octanol–water partition coefficient (Wildman–Crippen LogP) is 8.69. The number of nitrogens with zero attached hydrogens (tertiary/aromatic N) is 4. The van der Waals surface area contributed by atoms with Crippen LogP contribution in [0.15, 0.2) is 107 Å². The number of aryl methyl sites for hydroxylation is 2. The Labute approximate surface area is 264 Å². The summed E-state index contributed by atoms with van der Waals surface area (Å²) in [5, 5.41) is 15.9. The molecule has 0 bridgehead atoms. The number of pyridine rings is 1. The fraction of sp³-hybridized carbons (Fsp3) is 0.152. The van der Waals surface area contributed by atoms with Crippen molar-refractivity contribution in [1.29, 1.82) is 0 Å². The summed E-state index contributed by atoms with van der Waals surface area (Å²) in [4.78, 5) is 19.4. The summed E-state index contributed by atoms with van der Waals surface area (Å²) < 4.78 is 2.26. The molecule has 1 aliphatic heterocycles. The molecule has 0 unspecified atom stereocenters. The molecule has 2 aromatic heterocycles. The van der Waals surface area contributed by atoms with Crippen LogP contribution in [0.1, 0.15) is 40.3 Å². The number of nitro benzene ring substituents is 1. The van der Waals surface area contributed by atoms with Gasteiger partial charge in [0.25, 0.3) is 5.69 Å². The lowest BCUT2D eigenvalue weighted by molar-refractivity contribution is -0.384. The Morgan fingerprint density at radius 1 is 0.953 bits per heavy atom. The molecule has 1 fully saturated rings. The van der Waals surface area contributed by atoms with E-state index in [4.69, 9.17) is 28.8 Å². The van der Waals surface area contributed by atoms with Crippen molar-refractivity contribution in [3.8, 4) is 5.69 Å². The largest absolute Gasteiger partial charge is 0.351 e. The third-order valence-corrected chi connectivity index (χ3v) is 9.26. The average molecular weight is 626 g/mol. The molecule has 1 aliphatic rings. The molecule has 0 amide bonds. The molecule has 5 aromatic rings. The van der Waals surface area contributed by atoms with Crippen LogP contribution in [0.3, 0.4) is 0 Å². The van der Waals surface area contributed by atoms with Crippen LogP contribution in [0.5, 0.6) is 0 Å². The maximum atomic E-state index is 11.0. The molecule has 6 rings (SSSR count). The molecule has 7 nitrogen and oxygen atoms in total. The zero-order chi connectivity index (χ0) is 30.2. The normalized spacial score (nSPS) is 16.4. The molecular weight excluding hydrogens is 598 g/mol. The van der Waals surface area contributed by atoms with Crippen LogP contribution in [0.25, 0.3) is 5.69 Å². The fourth-order valence-electron chi connectivity index (χ4n) is 5.68. The summed E-state index contributed by atoms with van der Waals surface area (Å²) in [7, 11) is 0. The van der Waals surface area contributed by atoms with Crippen LogP contribution in [0.2, 0.25) is 5.02 Å². The van der Waals surface area contributed by atoms with E-state index in [0.717, 1.165) is 49.4 Å². The molecule has 2 atom stereocenters. The van der Waals surface area contributed by atoms with E-state index in [-0.39, 0.29) is 17.8 Å². The number of nitro groups is 1. The van der Waals surface area contributed by atoms with Gasteiger partial charge in [-0.25, -0.2) is 0 Å².